The summed E-state index contributed by atoms with van der Waals surface area (Å²) in [6.07, 6.45) is 1.92. The van der Waals surface area contributed by atoms with E-state index in [4.69, 9.17) is 9.47 Å². The van der Waals surface area contributed by atoms with E-state index in [9.17, 15) is 4.79 Å². The molecule has 0 atom stereocenters. The number of nitrogens with one attached hydrogen (secondary N) is 1. The lowest BCUT2D eigenvalue weighted by molar-refractivity contribution is 0.0711. The summed E-state index contributed by atoms with van der Waals surface area (Å²) >= 11 is 0. The number of amides is 1. The van der Waals surface area contributed by atoms with Crippen LogP contribution in [0.1, 0.15) is 34.8 Å². The Kier molecular flexibility index (Phi) is 4.75. The quantitative estimate of drug-likeness (QED) is 0.755. The summed E-state index contributed by atoms with van der Waals surface area (Å²) in [5.74, 6) is 1.75. The van der Waals surface area contributed by atoms with Gasteiger partial charge >= 0.3 is 0 Å². The molecular weight excluding hydrogens is 340 g/mol. The predicted molar refractivity (Wildman–Crippen MR) is 106 cm³/mol. The van der Waals surface area contributed by atoms with Gasteiger partial charge in [0, 0.05) is 41.8 Å². The molecule has 0 radical (unpaired) electrons. The van der Waals surface area contributed by atoms with Crippen LogP contribution in [-0.2, 0) is 0 Å². The number of nitrogens with zero attached hydrogens (tertiary/aromatic N) is 1. The van der Waals surface area contributed by atoms with Gasteiger partial charge in [-0.1, -0.05) is 18.2 Å². The van der Waals surface area contributed by atoms with E-state index in [0.717, 1.165) is 25.9 Å². The van der Waals surface area contributed by atoms with Crippen molar-refractivity contribution >= 4 is 16.8 Å². The molecule has 3 aromatic rings. The summed E-state index contributed by atoms with van der Waals surface area (Å²) in [5, 5.41) is 1.24. The third-order valence-corrected chi connectivity index (χ3v) is 5.37. The van der Waals surface area contributed by atoms with Gasteiger partial charge in [0.05, 0.1) is 14.2 Å². The summed E-state index contributed by atoms with van der Waals surface area (Å²) in [5.41, 5.74) is 3.05. The van der Waals surface area contributed by atoms with Gasteiger partial charge < -0.3 is 19.4 Å². The average Bonchev–Trinajstić information content (AvgIpc) is 3.17. The summed E-state index contributed by atoms with van der Waals surface area (Å²) in [4.78, 5) is 18.4. The maximum atomic E-state index is 12.9. The van der Waals surface area contributed by atoms with Gasteiger partial charge in [0.1, 0.15) is 11.5 Å². The van der Waals surface area contributed by atoms with Crippen molar-refractivity contribution in [3.8, 4) is 11.5 Å². The van der Waals surface area contributed by atoms with Crippen molar-refractivity contribution < 1.29 is 14.3 Å². The highest BCUT2D eigenvalue weighted by Crippen LogP contribution is 2.31. The van der Waals surface area contributed by atoms with Crippen LogP contribution < -0.4 is 9.47 Å². The Bertz CT molecular complexity index is 900. The molecule has 0 unspecified atom stereocenters. The number of benzene rings is 2. The number of hydrogen-bond donors (Lipinski definition) is 1. The molecule has 1 saturated heterocycles. The summed E-state index contributed by atoms with van der Waals surface area (Å²) in [7, 11) is 3.18. The first-order valence-corrected chi connectivity index (χ1v) is 9.28. The predicted octanol–water partition coefficient (Wildman–Crippen LogP) is 4.20. The molecule has 1 amide bonds. The van der Waals surface area contributed by atoms with Gasteiger partial charge in [-0.2, -0.15) is 0 Å². The zero-order valence-corrected chi connectivity index (χ0v) is 15.7. The standard InChI is InChI=1S/C22H24N2O3/c1-26-18-11-17(12-19(14-18)27-2)22(25)24-9-7-15(8-10-24)21-13-16-5-3-4-6-20(16)23-21/h3-6,11-15,23H,7-10H2,1-2H3. The molecular formula is C22H24N2O3. The van der Waals surface area contributed by atoms with Crippen LogP contribution in [0.2, 0.25) is 0 Å². The monoisotopic (exact) mass is 364 g/mol. The number of piperidine rings is 1. The van der Waals surface area contributed by atoms with Crippen LogP contribution in [0, 0.1) is 0 Å². The van der Waals surface area contributed by atoms with E-state index < -0.39 is 0 Å². The molecule has 140 valence electrons. The SMILES string of the molecule is COc1cc(OC)cc(C(=O)N2CCC(c3cc4ccccc4[nH]3)CC2)c1. The molecule has 1 aromatic heterocycles. The third kappa shape index (κ3) is 3.50. The van der Waals surface area contributed by atoms with Gasteiger partial charge in [0.25, 0.3) is 5.91 Å². The average molecular weight is 364 g/mol. The molecule has 1 aliphatic heterocycles. The topological polar surface area (TPSA) is 54.6 Å². The highest BCUT2D eigenvalue weighted by Gasteiger charge is 2.26. The number of carbonyl (C=O) groups excluding carboxylic acids is 1. The molecule has 0 saturated carbocycles. The zero-order chi connectivity index (χ0) is 18.8. The highest BCUT2D eigenvalue weighted by molar-refractivity contribution is 5.95. The van der Waals surface area contributed by atoms with Gasteiger partial charge in [0.2, 0.25) is 0 Å². The lowest BCUT2D eigenvalue weighted by atomic mass is 9.93. The number of aromatic amines is 1. The van der Waals surface area contributed by atoms with Crippen molar-refractivity contribution in [2.75, 3.05) is 27.3 Å². The molecule has 5 heteroatoms. The van der Waals surface area contributed by atoms with E-state index in [2.05, 4.69) is 29.2 Å². The maximum Gasteiger partial charge on any atom is 0.254 e. The van der Waals surface area contributed by atoms with Gasteiger partial charge in [-0.15, -0.1) is 0 Å². The number of H-pyrrole nitrogens is 1. The second-order valence-corrected chi connectivity index (χ2v) is 6.98. The Morgan fingerprint density at radius 3 is 2.30 bits per heavy atom. The number of ether oxygens (including phenoxy) is 2. The fourth-order valence-corrected chi connectivity index (χ4v) is 3.82. The van der Waals surface area contributed by atoms with Crippen LogP contribution in [0.3, 0.4) is 0 Å². The van der Waals surface area contributed by atoms with Crippen molar-refractivity contribution in [1.82, 2.24) is 9.88 Å². The highest BCUT2D eigenvalue weighted by atomic mass is 16.5. The number of methoxy groups -OCH3 is 2. The first-order valence-electron chi connectivity index (χ1n) is 9.28. The van der Waals surface area contributed by atoms with E-state index in [0.29, 0.717) is 23.0 Å². The van der Waals surface area contributed by atoms with Crippen molar-refractivity contribution in [1.29, 1.82) is 0 Å². The number of para-hydroxylation sites is 1. The largest absolute Gasteiger partial charge is 0.497 e. The van der Waals surface area contributed by atoms with Crippen molar-refractivity contribution in [3.05, 3.63) is 59.8 Å². The first-order chi connectivity index (χ1) is 13.2. The second-order valence-electron chi connectivity index (χ2n) is 6.98. The fourth-order valence-electron chi connectivity index (χ4n) is 3.82. The van der Waals surface area contributed by atoms with Crippen molar-refractivity contribution in [2.24, 2.45) is 0 Å². The molecule has 0 spiro atoms. The van der Waals surface area contributed by atoms with E-state index in [1.54, 1.807) is 32.4 Å². The molecule has 2 aromatic carbocycles. The molecule has 0 bridgehead atoms. The first kappa shape index (κ1) is 17.5. The van der Waals surface area contributed by atoms with Crippen LogP contribution in [0.4, 0.5) is 0 Å². The lowest BCUT2D eigenvalue weighted by Gasteiger charge is -2.31. The maximum absolute atomic E-state index is 12.9. The summed E-state index contributed by atoms with van der Waals surface area (Å²) in [6, 6.07) is 15.9. The number of aromatic nitrogens is 1. The van der Waals surface area contributed by atoms with Crippen LogP contribution >= 0.6 is 0 Å². The Labute approximate surface area is 158 Å². The fraction of sp³-hybridized carbons (Fsp3) is 0.318. The molecule has 0 aliphatic carbocycles. The summed E-state index contributed by atoms with van der Waals surface area (Å²) in [6.45, 7) is 1.50. The van der Waals surface area contributed by atoms with E-state index >= 15 is 0 Å². The van der Waals surface area contributed by atoms with Gasteiger partial charge in [-0.05, 0) is 42.5 Å². The Balaban J connectivity index is 1.46. The van der Waals surface area contributed by atoms with Gasteiger partial charge in [-0.3, -0.25) is 4.79 Å². The van der Waals surface area contributed by atoms with Crippen LogP contribution in [0.15, 0.2) is 48.5 Å². The third-order valence-electron chi connectivity index (χ3n) is 5.37. The number of rotatable bonds is 4. The number of likely N-dealkylation sites (tertiary alicyclic amines) is 1. The molecule has 4 rings (SSSR count). The molecule has 5 nitrogen and oxygen atoms in total. The molecule has 1 N–H and O–H groups in total. The number of carbonyl (C=O) groups is 1. The minimum atomic E-state index is 0.0299. The number of fused-ring (bicyclic) bond motifs is 1. The lowest BCUT2D eigenvalue weighted by Crippen LogP contribution is -2.38. The molecule has 1 fully saturated rings. The second kappa shape index (κ2) is 7.35. The Hall–Kier alpha value is -2.95. The van der Waals surface area contributed by atoms with Gasteiger partial charge in [-0.25, -0.2) is 0 Å². The van der Waals surface area contributed by atoms with Crippen LogP contribution in [-0.4, -0.2) is 43.1 Å². The normalized spacial score (nSPS) is 15.1. The van der Waals surface area contributed by atoms with Crippen molar-refractivity contribution in [3.63, 3.8) is 0 Å². The van der Waals surface area contributed by atoms with Crippen LogP contribution in [0.25, 0.3) is 10.9 Å². The Morgan fingerprint density at radius 1 is 1.00 bits per heavy atom. The van der Waals surface area contributed by atoms with E-state index in [1.807, 2.05) is 11.0 Å². The van der Waals surface area contributed by atoms with Crippen LogP contribution in [0.5, 0.6) is 11.5 Å². The minimum absolute atomic E-state index is 0.0299. The Morgan fingerprint density at radius 2 is 1.67 bits per heavy atom. The van der Waals surface area contributed by atoms with Gasteiger partial charge in [0.15, 0.2) is 0 Å². The zero-order valence-electron chi connectivity index (χ0n) is 15.7. The molecule has 1 aliphatic rings. The smallest absolute Gasteiger partial charge is 0.254 e. The minimum Gasteiger partial charge on any atom is -0.497 e. The molecule has 27 heavy (non-hydrogen) atoms. The molecule has 2 heterocycles. The van der Waals surface area contributed by atoms with Crippen molar-refractivity contribution in [2.45, 2.75) is 18.8 Å². The summed E-state index contributed by atoms with van der Waals surface area (Å²) < 4.78 is 10.6. The number of hydrogen-bond acceptors (Lipinski definition) is 3. The van der Waals surface area contributed by atoms with E-state index in [1.165, 1.54) is 16.6 Å². The van der Waals surface area contributed by atoms with E-state index in [-0.39, 0.29) is 5.91 Å².